The molecule has 0 amide bonds. The maximum atomic E-state index is 12.9. The summed E-state index contributed by atoms with van der Waals surface area (Å²) in [6.45, 7) is 0.686. The Balaban J connectivity index is 2.07. The maximum absolute atomic E-state index is 12.9. The summed E-state index contributed by atoms with van der Waals surface area (Å²) in [6, 6.07) is 5.23. The molecule has 14 heavy (non-hydrogen) atoms. The van der Waals surface area contributed by atoms with Crippen molar-refractivity contribution in [1.82, 2.24) is 5.32 Å². The fraction of sp³-hybridized carbons (Fsp3) is 0.455. The topological polar surface area (TPSA) is 21.3 Å². The number of halogens is 1. The summed E-state index contributed by atoms with van der Waals surface area (Å²) in [4.78, 5) is 0. The summed E-state index contributed by atoms with van der Waals surface area (Å²) in [5, 5.41) is 3.33. The molecule has 0 bridgehead atoms. The lowest BCUT2D eigenvalue weighted by Gasteiger charge is -2.08. The number of nitrogens with one attached hydrogen (secondary N) is 1. The quantitative estimate of drug-likeness (QED) is 0.794. The van der Waals surface area contributed by atoms with E-state index >= 15 is 0 Å². The van der Waals surface area contributed by atoms with Crippen LogP contribution in [0.2, 0.25) is 0 Å². The van der Waals surface area contributed by atoms with E-state index in [1.165, 1.54) is 25.0 Å². The minimum atomic E-state index is -0.210. The second-order valence-electron chi connectivity index (χ2n) is 3.61. The van der Waals surface area contributed by atoms with E-state index in [4.69, 9.17) is 4.74 Å². The minimum absolute atomic E-state index is 0.210. The lowest BCUT2D eigenvalue weighted by atomic mass is 10.2. The second-order valence-corrected chi connectivity index (χ2v) is 3.61. The van der Waals surface area contributed by atoms with Crippen LogP contribution in [0.25, 0.3) is 0 Å². The van der Waals surface area contributed by atoms with Gasteiger partial charge in [-0.3, -0.25) is 0 Å². The molecule has 2 nitrogen and oxygen atoms in total. The number of hydrogen-bond acceptors (Lipinski definition) is 2. The molecule has 1 aromatic rings. The summed E-state index contributed by atoms with van der Waals surface area (Å²) in [7, 11) is 1.61. The van der Waals surface area contributed by atoms with Crippen LogP contribution < -0.4 is 10.1 Å². The Bertz CT molecular complexity index is 323. The first kappa shape index (κ1) is 9.46. The van der Waals surface area contributed by atoms with Gasteiger partial charge < -0.3 is 10.1 Å². The van der Waals surface area contributed by atoms with E-state index in [0.29, 0.717) is 12.6 Å². The van der Waals surface area contributed by atoms with E-state index < -0.39 is 0 Å². The van der Waals surface area contributed by atoms with Crippen LogP contribution in [0.15, 0.2) is 18.2 Å². The molecule has 0 spiro atoms. The highest BCUT2D eigenvalue weighted by Crippen LogP contribution is 2.23. The lowest BCUT2D eigenvalue weighted by molar-refractivity contribution is 0.406. The number of ether oxygens (including phenoxy) is 1. The number of rotatable bonds is 4. The fourth-order valence-corrected chi connectivity index (χ4v) is 1.43. The molecule has 1 N–H and O–H groups in total. The SMILES string of the molecule is COc1ccc(F)cc1CNC1CC1. The first-order valence-corrected chi connectivity index (χ1v) is 4.85. The van der Waals surface area contributed by atoms with Gasteiger partial charge in [0.15, 0.2) is 0 Å². The zero-order chi connectivity index (χ0) is 9.97. The summed E-state index contributed by atoms with van der Waals surface area (Å²) in [5.41, 5.74) is 0.888. The van der Waals surface area contributed by atoms with Gasteiger partial charge in [0.2, 0.25) is 0 Å². The van der Waals surface area contributed by atoms with Gasteiger partial charge >= 0.3 is 0 Å². The van der Waals surface area contributed by atoms with Gasteiger partial charge in [-0.25, -0.2) is 4.39 Å². The number of methoxy groups -OCH3 is 1. The zero-order valence-electron chi connectivity index (χ0n) is 8.22. The highest BCUT2D eigenvalue weighted by molar-refractivity contribution is 5.33. The Morgan fingerprint density at radius 3 is 2.93 bits per heavy atom. The van der Waals surface area contributed by atoms with Gasteiger partial charge in [0.1, 0.15) is 11.6 Å². The normalized spacial score (nSPS) is 15.6. The Morgan fingerprint density at radius 2 is 2.29 bits per heavy atom. The van der Waals surface area contributed by atoms with Crippen LogP contribution >= 0.6 is 0 Å². The third-order valence-electron chi connectivity index (χ3n) is 2.40. The van der Waals surface area contributed by atoms with E-state index in [9.17, 15) is 4.39 Å². The van der Waals surface area contributed by atoms with Gasteiger partial charge in [0.05, 0.1) is 7.11 Å². The summed E-state index contributed by atoms with van der Waals surface area (Å²) >= 11 is 0. The fourth-order valence-electron chi connectivity index (χ4n) is 1.43. The molecular weight excluding hydrogens is 181 g/mol. The van der Waals surface area contributed by atoms with Crippen molar-refractivity contribution in [3.05, 3.63) is 29.6 Å². The molecule has 0 aliphatic heterocycles. The number of benzene rings is 1. The van der Waals surface area contributed by atoms with Crippen LogP contribution in [0, 0.1) is 5.82 Å². The van der Waals surface area contributed by atoms with Crippen LogP contribution in [0.4, 0.5) is 4.39 Å². The molecule has 0 aromatic heterocycles. The van der Waals surface area contributed by atoms with Crippen molar-refractivity contribution in [2.24, 2.45) is 0 Å². The average molecular weight is 195 g/mol. The van der Waals surface area contributed by atoms with Crippen LogP contribution in [0.1, 0.15) is 18.4 Å². The van der Waals surface area contributed by atoms with Gasteiger partial charge in [0.25, 0.3) is 0 Å². The van der Waals surface area contributed by atoms with Gasteiger partial charge in [0, 0.05) is 18.2 Å². The minimum Gasteiger partial charge on any atom is -0.496 e. The summed E-state index contributed by atoms with van der Waals surface area (Å²) < 4.78 is 18.1. The molecule has 0 unspecified atom stereocenters. The molecule has 1 saturated carbocycles. The van der Waals surface area contributed by atoms with Crippen LogP contribution in [0.3, 0.4) is 0 Å². The highest BCUT2D eigenvalue weighted by Gasteiger charge is 2.20. The van der Waals surface area contributed by atoms with Crippen molar-refractivity contribution < 1.29 is 9.13 Å². The molecule has 0 heterocycles. The Hall–Kier alpha value is -1.09. The highest BCUT2D eigenvalue weighted by atomic mass is 19.1. The van der Waals surface area contributed by atoms with Gasteiger partial charge in [-0.15, -0.1) is 0 Å². The van der Waals surface area contributed by atoms with Crippen molar-refractivity contribution in [3.63, 3.8) is 0 Å². The molecule has 0 atom stereocenters. The standard InChI is InChI=1S/C11H14FNO/c1-14-11-5-2-9(12)6-8(11)7-13-10-3-4-10/h2,5-6,10,13H,3-4,7H2,1H3. The maximum Gasteiger partial charge on any atom is 0.123 e. The van der Waals surface area contributed by atoms with E-state index in [1.54, 1.807) is 13.2 Å². The molecule has 0 radical (unpaired) electrons. The summed E-state index contributed by atoms with van der Waals surface area (Å²) in [6.07, 6.45) is 2.47. The monoisotopic (exact) mass is 195 g/mol. The van der Waals surface area contributed by atoms with E-state index in [0.717, 1.165) is 11.3 Å². The zero-order valence-corrected chi connectivity index (χ0v) is 8.22. The Morgan fingerprint density at radius 1 is 1.50 bits per heavy atom. The Kier molecular flexibility index (Phi) is 2.68. The molecule has 0 saturated heterocycles. The predicted molar refractivity (Wildman–Crippen MR) is 52.8 cm³/mol. The summed E-state index contributed by atoms with van der Waals surface area (Å²) in [5.74, 6) is 0.540. The van der Waals surface area contributed by atoms with Gasteiger partial charge in [-0.1, -0.05) is 0 Å². The van der Waals surface area contributed by atoms with E-state index in [1.807, 2.05) is 0 Å². The van der Waals surface area contributed by atoms with Crippen molar-refractivity contribution in [2.75, 3.05) is 7.11 Å². The molecule has 76 valence electrons. The predicted octanol–water partition coefficient (Wildman–Crippen LogP) is 2.09. The largest absolute Gasteiger partial charge is 0.496 e. The molecule has 1 aliphatic rings. The van der Waals surface area contributed by atoms with Crippen LogP contribution in [-0.4, -0.2) is 13.2 Å². The van der Waals surface area contributed by atoms with Crippen LogP contribution in [0.5, 0.6) is 5.75 Å². The molecule has 1 fully saturated rings. The lowest BCUT2D eigenvalue weighted by Crippen LogP contribution is -2.15. The van der Waals surface area contributed by atoms with E-state index in [-0.39, 0.29) is 5.82 Å². The van der Waals surface area contributed by atoms with Crippen molar-refractivity contribution in [1.29, 1.82) is 0 Å². The van der Waals surface area contributed by atoms with Crippen molar-refractivity contribution >= 4 is 0 Å². The average Bonchev–Trinajstić information content (AvgIpc) is 2.98. The molecule has 3 heteroatoms. The third-order valence-corrected chi connectivity index (χ3v) is 2.40. The van der Waals surface area contributed by atoms with E-state index in [2.05, 4.69) is 5.32 Å². The van der Waals surface area contributed by atoms with Crippen molar-refractivity contribution in [3.8, 4) is 5.75 Å². The first-order chi connectivity index (χ1) is 6.79. The molecule has 1 aromatic carbocycles. The van der Waals surface area contributed by atoms with Crippen LogP contribution in [-0.2, 0) is 6.54 Å². The van der Waals surface area contributed by atoms with Gasteiger partial charge in [-0.05, 0) is 31.0 Å². The first-order valence-electron chi connectivity index (χ1n) is 4.85. The van der Waals surface area contributed by atoms with Crippen molar-refractivity contribution in [2.45, 2.75) is 25.4 Å². The van der Waals surface area contributed by atoms with Gasteiger partial charge in [-0.2, -0.15) is 0 Å². The third kappa shape index (κ3) is 2.23. The molecular formula is C11H14FNO. The Labute approximate surface area is 83.1 Å². The second kappa shape index (κ2) is 3.96. The smallest absolute Gasteiger partial charge is 0.123 e. The number of hydrogen-bond donors (Lipinski definition) is 1. The molecule has 1 aliphatic carbocycles. The molecule has 2 rings (SSSR count).